The monoisotopic (exact) mass is 227 g/mol. The Balaban J connectivity index is 2.41. The van der Waals surface area contributed by atoms with Gasteiger partial charge in [-0.25, -0.2) is 4.79 Å². The number of nitrogens with one attached hydrogen (secondary N) is 1. The van der Waals surface area contributed by atoms with Crippen molar-refractivity contribution in [2.75, 3.05) is 0 Å². The second-order valence-corrected chi connectivity index (χ2v) is 5.18. The van der Waals surface area contributed by atoms with Gasteiger partial charge in [0.2, 0.25) is 0 Å². The SMILES string of the molecule is CC(C)(C)OC(=O)N[C@H]1CC=CC[C@H](O)C1. The van der Waals surface area contributed by atoms with Gasteiger partial charge in [-0.3, -0.25) is 0 Å². The summed E-state index contributed by atoms with van der Waals surface area (Å²) >= 11 is 0. The van der Waals surface area contributed by atoms with Crippen molar-refractivity contribution in [2.45, 2.75) is 57.8 Å². The molecule has 92 valence electrons. The fourth-order valence-corrected chi connectivity index (χ4v) is 1.63. The predicted molar refractivity (Wildman–Crippen MR) is 62.2 cm³/mol. The lowest BCUT2D eigenvalue weighted by molar-refractivity contribution is 0.0487. The minimum Gasteiger partial charge on any atom is -0.444 e. The summed E-state index contributed by atoms with van der Waals surface area (Å²) in [7, 11) is 0. The third-order valence-electron chi connectivity index (χ3n) is 2.27. The summed E-state index contributed by atoms with van der Waals surface area (Å²) in [6.07, 6.45) is 5.12. The van der Waals surface area contributed by atoms with Gasteiger partial charge in [0, 0.05) is 6.04 Å². The van der Waals surface area contributed by atoms with E-state index in [9.17, 15) is 9.90 Å². The van der Waals surface area contributed by atoms with Gasteiger partial charge >= 0.3 is 6.09 Å². The molecule has 0 bridgehead atoms. The first-order valence-corrected chi connectivity index (χ1v) is 5.69. The quantitative estimate of drug-likeness (QED) is 0.673. The number of ether oxygens (including phenoxy) is 1. The number of carbonyl (C=O) groups is 1. The van der Waals surface area contributed by atoms with Crippen molar-refractivity contribution in [2.24, 2.45) is 0 Å². The first-order valence-electron chi connectivity index (χ1n) is 5.69. The third kappa shape index (κ3) is 5.16. The number of amides is 1. The number of alkyl carbamates (subject to hydrolysis) is 1. The molecule has 1 rings (SSSR count). The number of carbonyl (C=O) groups excluding carboxylic acids is 1. The number of aliphatic hydroxyl groups is 1. The van der Waals surface area contributed by atoms with Crippen molar-refractivity contribution in [3.8, 4) is 0 Å². The highest BCUT2D eigenvalue weighted by molar-refractivity contribution is 5.68. The smallest absolute Gasteiger partial charge is 0.407 e. The van der Waals surface area contributed by atoms with Crippen molar-refractivity contribution in [3.05, 3.63) is 12.2 Å². The maximum Gasteiger partial charge on any atom is 0.407 e. The lowest BCUT2D eigenvalue weighted by Gasteiger charge is -2.23. The van der Waals surface area contributed by atoms with E-state index in [2.05, 4.69) is 5.32 Å². The van der Waals surface area contributed by atoms with Crippen LogP contribution in [0.5, 0.6) is 0 Å². The van der Waals surface area contributed by atoms with E-state index < -0.39 is 11.7 Å². The van der Waals surface area contributed by atoms with Crippen molar-refractivity contribution in [1.29, 1.82) is 0 Å². The normalized spacial score (nSPS) is 26.0. The van der Waals surface area contributed by atoms with Crippen molar-refractivity contribution in [1.82, 2.24) is 5.32 Å². The number of aliphatic hydroxyl groups excluding tert-OH is 1. The van der Waals surface area contributed by atoms with E-state index in [4.69, 9.17) is 4.74 Å². The first-order chi connectivity index (χ1) is 7.37. The highest BCUT2D eigenvalue weighted by atomic mass is 16.6. The number of rotatable bonds is 1. The Morgan fingerprint density at radius 1 is 1.38 bits per heavy atom. The molecule has 2 N–H and O–H groups in total. The average molecular weight is 227 g/mol. The van der Waals surface area contributed by atoms with Gasteiger partial charge in [0.1, 0.15) is 5.60 Å². The van der Waals surface area contributed by atoms with Gasteiger partial charge in [-0.05, 0) is 40.0 Å². The van der Waals surface area contributed by atoms with Crippen LogP contribution in [0.4, 0.5) is 4.79 Å². The van der Waals surface area contributed by atoms with E-state index in [0.29, 0.717) is 12.8 Å². The second-order valence-electron chi connectivity index (χ2n) is 5.18. The van der Waals surface area contributed by atoms with E-state index in [0.717, 1.165) is 6.42 Å². The zero-order chi connectivity index (χ0) is 12.2. The fourth-order valence-electron chi connectivity index (χ4n) is 1.63. The molecule has 1 aliphatic carbocycles. The summed E-state index contributed by atoms with van der Waals surface area (Å²) in [6.45, 7) is 5.48. The largest absolute Gasteiger partial charge is 0.444 e. The van der Waals surface area contributed by atoms with E-state index in [1.807, 2.05) is 32.9 Å². The molecule has 0 saturated heterocycles. The van der Waals surface area contributed by atoms with Crippen LogP contribution in [0, 0.1) is 0 Å². The van der Waals surface area contributed by atoms with Gasteiger partial charge in [-0.15, -0.1) is 0 Å². The van der Waals surface area contributed by atoms with Gasteiger partial charge in [0.25, 0.3) is 0 Å². The molecule has 0 fully saturated rings. The van der Waals surface area contributed by atoms with E-state index in [-0.39, 0.29) is 12.1 Å². The zero-order valence-electron chi connectivity index (χ0n) is 10.2. The highest BCUT2D eigenvalue weighted by Gasteiger charge is 2.21. The molecule has 0 radical (unpaired) electrons. The molecule has 0 aromatic rings. The standard InChI is InChI=1S/C12H21NO3/c1-12(2,3)16-11(15)13-9-6-4-5-7-10(14)8-9/h4-5,9-10,14H,6-8H2,1-3H3,(H,13,15)/t9-,10-/m0/s1. The van der Waals surface area contributed by atoms with Crippen LogP contribution in [0.1, 0.15) is 40.0 Å². The van der Waals surface area contributed by atoms with Gasteiger partial charge in [0.05, 0.1) is 6.10 Å². The number of hydrogen-bond acceptors (Lipinski definition) is 3. The third-order valence-corrected chi connectivity index (χ3v) is 2.27. The van der Waals surface area contributed by atoms with E-state index in [1.54, 1.807) is 0 Å². The molecule has 0 aliphatic heterocycles. The topological polar surface area (TPSA) is 58.6 Å². The molecule has 1 amide bonds. The van der Waals surface area contributed by atoms with Crippen molar-refractivity contribution >= 4 is 6.09 Å². The molecule has 0 aromatic carbocycles. The molecular weight excluding hydrogens is 206 g/mol. The molecule has 16 heavy (non-hydrogen) atoms. The molecule has 2 atom stereocenters. The molecule has 4 nitrogen and oxygen atoms in total. The van der Waals surface area contributed by atoms with E-state index in [1.165, 1.54) is 0 Å². The Morgan fingerprint density at radius 3 is 2.62 bits per heavy atom. The predicted octanol–water partition coefficient (Wildman–Crippen LogP) is 1.98. The lowest BCUT2D eigenvalue weighted by Crippen LogP contribution is -2.40. The van der Waals surface area contributed by atoms with Gasteiger partial charge in [0.15, 0.2) is 0 Å². The summed E-state index contributed by atoms with van der Waals surface area (Å²) < 4.78 is 5.16. The maximum atomic E-state index is 11.5. The average Bonchev–Trinajstić information content (AvgIpc) is 2.26. The summed E-state index contributed by atoms with van der Waals surface area (Å²) in [6, 6.07) is -0.0383. The molecule has 0 aromatic heterocycles. The van der Waals surface area contributed by atoms with Crippen molar-refractivity contribution < 1.29 is 14.6 Å². The van der Waals surface area contributed by atoms with Crippen molar-refractivity contribution in [3.63, 3.8) is 0 Å². The van der Waals surface area contributed by atoms with Gasteiger partial charge in [-0.1, -0.05) is 12.2 Å². The van der Waals surface area contributed by atoms with Gasteiger partial charge < -0.3 is 15.2 Å². The molecule has 0 heterocycles. The van der Waals surface area contributed by atoms with Crippen LogP contribution < -0.4 is 5.32 Å². The Kier molecular flexibility index (Phi) is 4.35. The summed E-state index contributed by atoms with van der Waals surface area (Å²) in [4.78, 5) is 11.5. The lowest BCUT2D eigenvalue weighted by atomic mass is 10.1. The summed E-state index contributed by atoms with van der Waals surface area (Å²) in [5, 5.41) is 12.3. The first kappa shape index (κ1) is 13.0. The zero-order valence-corrected chi connectivity index (χ0v) is 10.2. The minimum absolute atomic E-state index is 0.0383. The molecule has 4 heteroatoms. The maximum absolute atomic E-state index is 11.5. The molecule has 0 spiro atoms. The Labute approximate surface area is 96.7 Å². The highest BCUT2D eigenvalue weighted by Crippen LogP contribution is 2.13. The molecular formula is C12H21NO3. The minimum atomic E-state index is -0.483. The summed E-state index contributed by atoms with van der Waals surface area (Å²) in [5.41, 5.74) is -0.483. The van der Waals surface area contributed by atoms with Crippen LogP contribution in [0.3, 0.4) is 0 Å². The van der Waals surface area contributed by atoms with Gasteiger partial charge in [-0.2, -0.15) is 0 Å². The summed E-state index contributed by atoms with van der Waals surface area (Å²) in [5.74, 6) is 0. The van der Waals surface area contributed by atoms with Crippen LogP contribution in [0.25, 0.3) is 0 Å². The molecule has 1 aliphatic rings. The Bertz CT molecular complexity index is 268. The van der Waals surface area contributed by atoms with Crippen LogP contribution in [0.15, 0.2) is 12.2 Å². The van der Waals surface area contributed by atoms with Crippen LogP contribution in [0.2, 0.25) is 0 Å². The van der Waals surface area contributed by atoms with Crippen LogP contribution in [-0.4, -0.2) is 28.9 Å². The Morgan fingerprint density at radius 2 is 2.00 bits per heavy atom. The van der Waals surface area contributed by atoms with Crippen LogP contribution >= 0.6 is 0 Å². The van der Waals surface area contributed by atoms with Crippen LogP contribution in [-0.2, 0) is 4.74 Å². The number of hydrogen-bond donors (Lipinski definition) is 2. The second kappa shape index (κ2) is 5.34. The van der Waals surface area contributed by atoms with E-state index >= 15 is 0 Å². The fraction of sp³-hybridized carbons (Fsp3) is 0.750. The Hall–Kier alpha value is -1.03. The molecule has 0 saturated carbocycles. The molecule has 0 unspecified atom stereocenters.